The van der Waals surface area contributed by atoms with Gasteiger partial charge in [-0.15, -0.1) is 0 Å². The summed E-state index contributed by atoms with van der Waals surface area (Å²) in [6.45, 7) is 0. The van der Waals surface area contributed by atoms with Crippen LogP contribution in [0.5, 0.6) is 5.75 Å². The monoisotopic (exact) mass is 445 g/mol. The minimum atomic E-state index is -0.372. The zero-order valence-electron chi connectivity index (χ0n) is 13.3. The highest BCUT2D eigenvalue weighted by Crippen LogP contribution is 2.58. The van der Waals surface area contributed by atoms with Crippen LogP contribution in [0, 0.1) is 5.92 Å². The number of thioether (sulfide) groups is 1. The molecule has 3 heterocycles. The minimum Gasteiger partial charge on any atom is -0.426 e. The molecule has 0 saturated heterocycles. The molecule has 0 fully saturated rings. The van der Waals surface area contributed by atoms with Gasteiger partial charge in [0, 0.05) is 20.8 Å². The Kier molecular flexibility index (Phi) is 3.84. The number of thiazole rings is 1. The van der Waals surface area contributed by atoms with Gasteiger partial charge in [-0.2, -0.15) is 0 Å². The maximum Gasteiger partial charge on any atom is 0.316 e. The highest BCUT2D eigenvalue weighted by atomic mass is 79.9. The van der Waals surface area contributed by atoms with Crippen molar-refractivity contribution in [1.29, 1.82) is 0 Å². The average molecular weight is 446 g/mol. The van der Waals surface area contributed by atoms with Crippen LogP contribution in [0.2, 0.25) is 0 Å². The SMILES string of the molecule is O=C1Oc2ccc(Br)cc2[C@H]2c3sc(=O)[nH]c3S[C@H](c3ccccc3)[C@H]12. The van der Waals surface area contributed by atoms with Gasteiger partial charge in [0.25, 0.3) is 0 Å². The van der Waals surface area contributed by atoms with E-state index in [4.69, 9.17) is 4.74 Å². The first kappa shape index (κ1) is 16.4. The number of ether oxygens (including phenoxy) is 1. The fraction of sp³-hybridized carbons (Fsp3) is 0.158. The number of hydrogen-bond acceptors (Lipinski definition) is 5. The number of rotatable bonds is 1. The van der Waals surface area contributed by atoms with E-state index in [-0.39, 0.29) is 27.9 Å². The van der Waals surface area contributed by atoms with E-state index in [9.17, 15) is 9.59 Å². The van der Waals surface area contributed by atoms with Crippen molar-refractivity contribution in [1.82, 2.24) is 4.98 Å². The molecule has 130 valence electrons. The topological polar surface area (TPSA) is 59.2 Å². The standard InChI is InChI=1S/C19H12BrNO3S2/c20-10-6-7-12-11(8-10)13-14(18(22)24-12)15(9-4-2-1-3-5-9)25-17-16(13)26-19(23)21-17/h1-8,13-15H,(H,21,23)/t13-,14-,15-/m1/s1. The molecule has 0 bridgehead atoms. The molecule has 3 aromatic rings. The molecular formula is C19H12BrNO3S2. The van der Waals surface area contributed by atoms with Crippen molar-refractivity contribution in [3.8, 4) is 5.75 Å². The highest BCUT2D eigenvalue weighted by molar-refractivity contribution is 9.10. The summed E-state index contributed by atoms with van der Waals surface area (Å²) in [4.78, 5) is 28.8. The smallest absolute Gasteiger partial charge is 0.316 e. The third-order valence-corrected chi connectivity index (χ3v) is 7.74. The number of benzene rings is 2. The minimum absolute atomic E-state index is 0.0922. The number of nitrogens with one attached hydrogen (secondary N) is 1. The Balaban J connectivity index is 1.76. The summed E-state index contributed by atoms with van der Waals surface area (Å²) in [5.74, 6) is -0.222. The van der Waals surface area contributed by atoms with Gasteiger partial charge in [0.2, 0.25) is 0 Å². The lowest BCUT2D eigenvalue weighted by molar-refractivity contribution is -0.140. The molecule has 0 aliphatic carbocycles. The van der Waals surface area contributed by atoms with Crippen molar-refractivity contribution in [3.63, 3.8) is 0 Å². The van der Waals surface area contributed by atoms with Gasteiger partial charge in [-0.3, -0.25) is 9.59 Å². The van der Waals surface area contributed by atoms with Gasteiger partial charge < -0.3 is 9.72 Å². The Hall–Kier alpha value is -1.83. The second kappa shape index (κ2) is 6.11. The lowest BCUT2D eigenvalue weighted by Gasteiger charge is -2.39. The Morgan fingerprint density at radius 2 is 1.88 bits per heavy atom. The normalized spacial score (nSPS) is 23.6. The number of halogens is 1. The largest absolute Gasteiger partial charge is 0.426 e. The van der Waals surface area contributed by atoms with E-state index >= 15 is 0 Å². The molecule has 0 spiro atoms. The number of fused-ring (bicyclic) bond motifs is 5. The van der Waals surface area contributed by atoms with Crippen LogP contribution in [0.25, 0.3) is 0 Å². The summed E-state index contributed by atoms with van der Waals surface area (Å²) in [6, 6.07) is 15.6. The van der Waals surface area contributed by atoms with Gasteiger partial charge in [0.15, 0.2) is 0 Å². The maximum atomic E-state index is 12.9. The number of carbonyl (C=O) groups is 1. The van der Waals surface area contributed by atoms with E-state index in [0.717, 1.165) is 25.5 Å². The first-order valence-electron chi connectivity index (χ1n) is 8.07. The number of carbonyl (C=O) groups excluding carboxylic acids is 1. The zero-order valence-corrected chi connectivity index (χ0v) is 16.5. The summed E-state index contributed by atoms with van der Waals surface area (Å²) >= 11 is 6.25. The van der Waals surface area contributed by atoms with Crippen LogP contribution in [0.3, 0.4) is 0 Å². The molecule has 2 aromatic carbocycles. The van der Waals surface area contributed by atoms with Crippen LogP contribution in [-0.2, 0) is 4.79 Å². The second-order valence-corrected chi connectivity index (χ2v) is 9.35. The van der Waals surface area contributed by atoms with Crippen LogP contribution in [0.15, 0.2) is 62.8 Å². The molecular weight excluding hydrogens is 434 g/mol. The molecule has 2 aliphatic heterocycles. The Morgan fingerprint density at radius 3 is 2.69 bits per heavy atom. The number of aromatic nitrogens is 1. The van der Waals surface area contributed by atoms with E-state index in [1.54, 1.807) is 11.8 Å². The van der Waals surface area contributed by atoms with Crippen molar-refractivity contribution < 1.29 is 9.53 Å². The van der Waals surface area contributed by atoms with E-state index in [2.05, 4.69) is 20.9 Å². The third-order valence-electron chi connectivity index (χ3n) is 4.77. The molecule has 0 saturated carbocycles. The summed E-state index contributed by atoms with van der Waals surface area (Å²) in [5.41, 5.74) is 2.00. The van der Waals surface area contributed by atoms with E-state index in [0.29, 0.717) is 5.75 Å². The highest BCUT2D eigenvalue weighted by Gasteiger charge is 2.49. The summed E-state index contributed by atoms with van der Waals surface area (Å²) in [6.07, 6.45) is 0. The molecule has 0 amide bonds. The van der Waals surface area contributed by atoms with Gasteiger partial charge in [0.1, 0.15) is 5.75 Å². The van der Waals surface area contributed by atoms with E-state index < -0.39 is 0 Å². The van der Waals surface area contributed by atoms with Crippen LogP contribution < -0.4 is 9.61 Å². The predicted molar refractivity (Wildman–Crippen MR) is 105 cm³/mol. The number of aromatic amines is 1. The van der Waals surface area contributed by atoms with Gasteiger partial charge in [-0.25, -0.2) is 0 Å². The molecule has 3 atom stereocenters. The molecule has 5 rings (SSSR count). The first-order valence-corrected chi connectivity index (χ1v) is 10.6. The Labute approximate surface area is 165 Å². The van der Waals surface area contributed by atoms with Crippen LogP contribution >= 0.6 is 39.0 Å². The number of H-pyrrole nitrogens is 1. The molecule has 4 nitrogen and oxygen atoms in total. The Bertz CT molecular complexity index is 1080. The van der Waals surface area contributed by atoms with Gasteiger partial charge in [-0.1, -0.05) is 69.4 Å². The first-order chi connectivity index (χ1) is 12.6. The molecule has 1 aromatic heterocycles. The van der Waals surface area contributed by atoms with E-state index in [1.165, 1.54) is 11.3 Å². The van der Waals surface area contributed by atoms with Crippen molar-refractivity contribution in [3.05, 3.63) is 78.7 Å². The number of esters is 1. The summed E-state index contributed by atoms with van der Waals surface area (Å²) < 4.78 is 6.60. The number of hydrogen-bond donors (Lipinski definition) is 1. The molecule has 0 radical (unpaired) electrons. The zero-order chi connectivity index (χ0) is 17.8. The van der Waals surface area contributed by atoms with Crippen LogP contribution in [0.1, 0.15) is 27.2 Å². The quantitative estimate of drug-likeness (QED) is 0.435. The van der Waals surface area contributed by atoms with Crippen LogP contribution in [0.4, 0.5) is 0 Å². The molecule has 7 heteroatoms. The molecule has 26 heavy (non-hydrogen) atoms. The molecule has 0 unspecified atom stereocenters. The van der Waals surface area contributed by atoms with Crippen molar-refractivity contribution >= 4 is 45.0 Å². The molecule has 1 N–H and O–H groups in total. The van der Waals surface area contributed by atoms with Gasteiger partial charge in [0.05, 0.1) is 16.2 Å². The Morgan fingerprint density at radius 1 is 1.08 bits per heavy atom. The average Bonchev–Trinajstić information content (AvgIpc) is 3.02. The van der Waals surface area contributed by atoms with Crippen molar-refractivity contribution in [2.75, 3.05) is 0 Å². The fourth-order valence-corrected chi connectivity index (χ4v) is 6.67. The second-order valence-electron chi connectivity index (χ2n) is 6.26. The maximum absolute atomic E-state index is 12.9. The van der Waals surface area contributed by atoms with Gasteiger partial charge >= 0.3 is 10.8 Å². The third kappa shape index (κ3) is 2.49. The molecule has 2 aliphatic rings. The summed E-state index contributed by atoms with van der Waals surface area (Å²) in [7, 11) is 0. The van der Waals surface area contributed by atoms with E-state index in [1.807, 2.05) is 48.5 Å². The lowest BCUT2D eigenvalue weighted by Crippen LogP contribution is -2.37. The van der Waals surface area contributed by atoms with Crippen molar-refractivity contribution in [2.24, 2.45) is 5.92 Å². The van der Waals surface area contributed by atoms with Crippen LogP contribution in [-0.4, -0.2) is 11.0 Å². The lowest BCUT2D eigenvalue weighted by atomic mass is 9.78. The summed E-state index contributed by atoms with van der Waals surface area (Å²) in [5, 5.41) is 0.745. The van der Waals surface area contributed by atoms with Crippen molar-refractivity contribution in [2.45, 2.75) is 16.2 Å². The fourth-order valence-electron chi connectivity index (χ4n) is 3.70. The predicted octanol–water partition coefficient (Wildman–Crippen LogP) is 4.71. The van der Waals surface area contributed by atoms with Gasteiger partial charge in [-0.05, 0) is 23.8 Å².